The number of nitrogens with zero attached hydrogens (tertiary/aromatic N) is 1. The van der Waals surface area contributed by atoms with Crippen LogP contribution in [-0.2, 0) is 11.8 Å². The molecule has 0 aromatic heterocycles. The Labute approximate surface area is 128 Å². The van der Waals surface area contributed by atoms with Crippen LogP contribution in [0.15, 0.2) is 18.2 Å². The molecular formula is C19H27NO. The second kappa shape index (κ2) is 4.49. The smallest absolute Gasteiger partial charge is 0.115 e. The minimum atomic E-state index is 0.233. The highest BCUT2D eigenvalue weighted by Gasteiger charge is 2.50. The lowest BCUT2D eigenvalue weighted by Gasteiger charge is -2.56. The Morgan fingerprint density at radius 1 is 1.33 bits per heavy atom. The monoisotopic (exact) mass is 285 g/mol. The maximum Gasteiger partial charge on any atom is 0.115 e. The summed E-state index contributed by atoms with van der Waals surface area (Å²) in [7, 11) is 0. The third-order valence-corrected chi connectivity index (χ3v) is 6.86. The summed E-state index contributed by atoms with van der Waals surface area (Å²) >= 11 is 0. The highest BCUT2D eigenvalue weighted by Crippen LogP contribution is 2.51. The minimum absolute atomic E-state index is 0.233. The van der Waals surface area contributed by atoms with Gasteiger partial charge in [-0.05, 0) is 79.7 Å². The van der Waals surface area contributed by atoms with E-state index in [2.05, 4.69) is 31.7 Å². The van der Waals surface area contributed by atoms with Crippen molar-refractivity contribution >= 4 is 0 Å². The number of likely N-dealkylation sites (tertiary alicyclic amines) is 1. The molecule has 1 heterocycles. The lowest BCUT2D eigenvalue weighted by Crippen LogP contribution is -2.60. The van der Waals surface area contributed by atoms with Crippen LogP contribution in [0, 0.1) is 11.8 Å². The predicted molar refractivity (Wildman–Crippen MR) is 85.6 cm³/mol. The van der Waals surface area contributed by atoms with Crippen LogP contribution in [0.5, 0.6) is 5.75 Å². The Kier molecular flexibility index (Phi) is 2.91. The molecule has 2 fully saturated rings. The normalized spacial score (nSPS) is 37.1. The zero-order valence-corrected chi connectivity index (χ0v) is 13.5. The van der Waals surface area contributed by atoms with Gasteiger partial charge in [-0.15, -0.1) is 0 Å². The number of hydrogen-bond acceptors (Lipinski definition) is 2. The van der Waals surface area contributed by atoms with E-state index < -0.39 is 0 Å². The standard InChI is InChI=1S/C19H27NO/c1-12-18-10-15-6-7-16(21)11-17(15)19(12,3)8-9-20(18)13(2)14-4-5-14/h6-7,11-14,18,21H,4-5,8-10H2,1-3H3/t12-,13-,18?,19-/m0/s1. The van der Waals surface area contributed by atoms with Gasteiger partial charge >= 0.3 is 0 Å². The fourth-order valence-corrected chi connectivity index (χ4v) is 5.00. The van der Waals surface area contributed by atoms with E-state index >= 15 is 0 Å². The number of aromatic hydroxyl groups is 1. The first-order valence-corrected chi connectivity index (χ1v) is 8.59. The summed E-state index contributed by atoms with van der Waals surface area (Å²) in [5.41, 5.74) is 3.10. The van der Waals surface area contributed by atoms with Crippen molar-refractivity contribution in [2.24, 2.45) is 11.8 Å². The molecule has 1 aromatic rings. The third-order valence-electron chi connectivity index (χ3n) is 6.86. The van der Waals surface area contributed by atoms with Gasteiger partial charge in [-0.2, -0.15) is 0 Å². The highest BCUT2D eigenvalue weighted by atomic mass is 16.3. The average Bonchev–Trinajstić information content (AvgIpc) is 3.28. The van der Waals surface area contributed by atoms with Crippen LogP contribution in [0.1, 0.15) is 51.2 Å². The van der Waals surface area contributed by atoms with Gasteiger partial charge in [0.15, 0.2) is 0 Å². The summed E-state index contributed by atoms with van der Waals surface area (Å²) in [5, 5.41) is 9.90. The molecule has 0 spiro atoms. The Hall–Kier alpha value is -1.02. The first-order valence-electron chi connectivity index (χ1n) is 8.59. The van der Waals surface area contributed by atoms with Gasteiger partial charge in [-0.3, -0.25) is 4.90 Å². The van der Waals surface area contributed by atoms with Crippen molar-refractivity contribution in [2.45, 2.75) is 64.0 Å². The van der Waals surface area contributed by atoms with E-state index in [1.54, 1.807) is 0 Å². The van der Waals surface area contributed by atoms with E-state index in [0.29, 0.717) is 17.7 Å². The number of benzene rings is 1. The molecule has 2 bridgehead atoms. The van der Waals surface area contributed by atoms with Crippen LogP contribution >= 0.6 is 0 Å². The maximum absolute atomic E-state index is 9.90. The van der Waals surface area contributed by atoms with Gasteiger partial charge in [0, 0.05) is 12.1 Å². The Morgan fingerprint density at radius 3 is 2.81 bits per heavy atom. The molecule has 2 heteroatoms. The van der Waals surface area contributed by atoms with Gasteiger partial charge in [0.25, 0.3) is 0 Å². The summed E-state index contributed by atoms with van der Waals surface area (Å²) in [5.74, 6) is 2.04. The SMILES string of the molecule is C[C@@H](C1CC1)N1CC[C@]2(C)c3cc(O)ccc3CC1[C@@H]2C. The second-order valence-electron chi connectivity index (χ2n) is 7.88. The van der Waals surface area contributed by atoms with Crippen molar-refractivity contribution in [1.82, 2.24) is 4.90 Å². The van der Waals surface area contributed by atoms with Gasteiger partial charge < -0.3 is 5.11 Å². The zero-order valence-electron chi connectivity index (χ0n) is 13.5. The molecule has 1 aromatic carbocycles. The largest absolute Gasteiger partial charge is 0.508 e. The molecule has 1 saturated carbocycles. The minimum Gasteiger partial charge on any atom is -0.508 e. The van der Waals surface area contributed by atoms with Crippen LogP contribution in [0.25, 0.3) is 0 Å². The molecule has 21 heavy (non-hydrogen) atoms. The summed E-state index contributed by atoms with van der Waals surface area (Å²) in [4.78, 5) is 2.81. The number of phenolic OH excluding ortho intramolecular Hbond substituents is 1. The molecule has 4 rings (SSSR count). The van der Waals surface area contributed by atoms with Gasteiger partial charge in [0.05, 0.1) is 0 Å². The predicted octanol–water partition coefficient (Wildman–Crippen LogP) is 3.71. The zero-order chi connectivity index (χ0) is 14.8. The summed E-state index contributed by atoms with van der Waals surface area (Å²) in [6.07, 6.45) is 5.24. The molecule has 1 aliphatic heterocycles. The van der Waals surface area contributed by atoms with E-state index in [-0.39, 0.29) is 5.41 Å². The average molecular weight is 285 g/mol. The first kappa shape index (κ1) is 13.6. The third kappa shape index (κ3) is 1.95. The summed E-state index contributed by atoms with van der Waals surface area (Å²) in [6.45, 7) is 8.52. The molecular weight excluding hydrogens is 258 g/mol. The van der Waals surface area contributed by atoms with Crippen molar-refractivity contribution in [2.75, 3.05) is 6.54 Å². The molecule has 1 N–H and O–H groups in total. The van der Waals surface area contributed by atoms with Crippen LogP contribution in [0.3, 0.4) is 0 Å². The lowest BCUT2D eigenvalue weighted by molar-refractivity contribution is 0.000427. The summed E-state index contributed by atoms with van der Waals surface area (Å²) in [6, 6.07) is 7.48. The van der Waals surface area contributed by atoms with Crippen molar-refractivity contribution in [3.05, 3.63) is 29.3 Å². The van der Waals surface area contributed by atoms with E-state index in [4.69, 9.17) is 0 Å². The number of hydrogen-bond donors (Lipinski definition) is 1. The fourth-order valence-electron chi connectivity index (χ4n) is 5.00. The second-order valence-corrected chi connectivity index (χ2v) is 7.88. The molecule has 4 atom stereocenters. The molecule has 1 unspecified atom stereocenters. The number of piperidine rings is 1. The van der Waals surface area contributed by atoms with Crippen LogP contribution in [0.4, 0.5) is 0 Å². The van der Waals surface area contributed by atoms with Gasteiger partial charge in [0.1, 0.15) is 5.75 Å². The topological polar surface area (TPSA) is 23.5 Å². The first-order chi connectivity index (χ1) is 10.0. The quantitative estimate of drug-likeness (QED) is 0.895. The van der Waals surface area contributed by atoms with Crippen LogP contribution in [0.2, 0.25) is 0 Å². The van der Waals surface area contributed by atoms with Gasteiger partial charge in [-0.25, -0.2) is 0 Å². The molecule has 2 aliphatic carbocycles. The van der Waals surface area contributed by atoms with Gasteiger partial charge in [-0.1, -0.05) is 19.9 Å². The van der Waals surface area contributed by atoms with Crippen molar-refractivity contribution < 1.29 is 5.11 Å². The maximum atomic E-state index is 9.90. The van der Waals surface area contributed by atoms with E-state index in [1.165, 1.54) is 36.9 Å². The lowest BCUT2D eigenvalue weighted by atomic mass is 9.58. The van der Waals surface area contributed by atoms with E-state index in [1.807, 2.05) is 12.1 Å². The molecule has 114 valence electrons. The number of rotatable bonds is 2. The molecule has 0 amide bonds. The van der Waals surface area contributed by atoms with Crippen molar-refractivity contribution in [3.63, 3.8) is 0 Å². The fraction of sp³-hybridized carbons (Fsp3) is 0.684. The van der Waals surface area contributed by atoms with Crippen molar-refractivity contribution in [3.8, 4) is 5.75 Å². The van der Waals surface area contributed by atoms with Gasteiger partial charge in [0.2, 0.25) is 0 Å². The molecule has 1 saturated heterocycles. The summed E-state index contributed by atoms with van der Waals surface area (Å²) < 4.78 is 0. The Morgan fingerprint density at radius 2 is 2.10 bits per heavy atom. The van der Waals surface area contributed by atoms with Crippen LogP contribution in [-0.4, -0.2) is 28.6 Å². The van der Waals surface area contributed by atoms with E-state index in [0.717, 1.165) is 18.4 Å². The number of fused-ring (bicyclic) bond motifs is 4. The molecule has 2 nitrogen and oxygen atoms in total. The Balaban J connectivity index is 1.73. The van der Waals surface area contributed by atoms with E-state index in [9.17, 15) is 5.11 Å². The van der Waals surface area contributed by atoms with Crippen molar-refractivity contribution in [1.29, 1.82) is 0 Å². The van der Waals surface area contributed by atoms with Crippen LogP contribution < -0.4 is 0 Å². The Bertz CT molecular complexity index is 565. The number of phenols is 1. The highest BCUT2D eigenvalue weighted by molar-refractivity contribution is 5.44. The molecule has 3 aliphatic rings. The molecule has 0 radical (unpaired) electrons.